The Morgan fingerprint density at radius 2 is 2.25 bits per heavy atom. The molecule has 0 aromatic heterocycles. The van der Waals surface area contributed by atoms with Crippen molar-refractivity contribution in [3.63, 3.8) is 0 Å². The zero-order valence-corrected chi connectivity index (χ0v) is 11.2. The van der Waals surface area contributed by atoms with Gasteiger partial charge < -0.3 is 25.4 Å². The molecule has 7 nitrogen and oxygen atoms in total. The second kappa shape index (κ2) is 6.14. The maximum Gasteiger partial charge on any atom is 0.319 e. The van der Waals surface area contributed by atoms with Gasteiger partial charge in [0.25, 0.3) is 0 Å². The standard InChI is InChI=1S/C13H17N3O4/c1-16-6-7-20-11-3-2-9(8-10(11)16)15-13(19)14-5-4-12(17)18/h2-3,8H,4-7H2,1H3,(H,17,18)(H2,14,15,19). The lowest BCUT2D eigenvalue weighted by Gasteiger charge is -2.28. The first kappa shape index (κ1) is 14.0. The SMILES string of the molecule is CN1CCOc2ccc(NC(=O)NCCC(=O)O)cc21. The smallest absolute Gasteiger partial charge is 0.319 e. The topological polar surface area (TPSA) is 90.9 Å². The summed E-state index contributed by atoms with van der Waals surface area (Å²) >= 11 is 0. The summed E-state index contributed by atoms with van der Waals surface area (Å²) in [6.07, 6.45) is -0.103. The molecule has 0 unspecified atom stereocenters. The zero-order valence-electron chi connectivity index (χ0n) is 11.2. The fourth-order valence-corrected chi connectivity index (χ4v) is 1.89. The Hall–Kier alpha value is -2.44. The molecule has 108 valence electrons. The molecular weight excluding hydrogens is 262 g/mol. The van der Waals surface area contributed by atoms with Gasteiger partial charge in [0.15, 0.2) is 0 Å². The van der Waals surface area contributed by atoms with Crippen LogP contribution in [-0.2, 0) is 4.79 Å². The van der Waals surface area contributed by atoms with E-state index >= 15 is 0 Å². The second-order valence-electron chi connectivity index (χ2n) is 4.48. The van der Waals surface area contributed by atoms with Gasteiger partial charge in [-0.15, -0.1) is 0 Å². The number of nitrogens with zero attached hydrogens (tertiary/aromatic N) is 1. The van der Waals surface area contributed by atoms with Gasteiger partial charge in [0.1, 0.15) is 12.4 Å². The van der Waals surface area contributed by atoms with Crippen LogP contribution in [0.15, 0.2) is 18.2 Å². The van der Waals surface area contributed by atoms with E-state index < -0.39 is 12.0 Å². The number of carbonyl (C=O) groups is 2. The van der Waals surface area contributed by atoms with Crippen molar-refractivity contribution in [1.82, 2.24) is 5.32 Å². The van der Waals surface area contributed by atoms with Crippen molar-refractivity contribution in [2.75, 3.05) is 37.0 Å². The Balaban J connectivity index is 1.94. The Bertz CT molecular complexity index is 518. The number of hydrogen-bond donors (Lipinski definition) is 3. The summed E-state index contributed by atoms with van der Waals surface area (Å²) in [6, 6.07) is 4.95. The predicted molar refractivity (Wildman–Crippen MR) is 74.5 cm³/mol. The molecule has 1 heterocycles. The molecule has 0 saturated carbocycles. The van der Waals surface area contributed by atoms with Crippen molar-refractivity contribution in [3.05, 3.63) is 18.2 Å². The molecule has 1 aliphatic heterocycles. The molecule has 0 atom stereocenters. The van der Waals surface area contributed by atoms with E-state index in [1.54, 1.807) is 12.1 Å². The second-order valence-corrected chi connectivity index (χ2v) is 4.48. The normalized spacial score (nSPS) is 13.2. The number of anilines is 2. The monoisotopic (exact) mass is 279 g/mol. The maximum atomic E-state index is 11.6. The summed E-state index contributed by atoms with van der Waals surface area (Å²) in [5.74, 6) is -0.159. The summed E-state index contributed by atoms with van der Waals surface area (Å²) in [7, 11) is 1.96. The lowest BCUT2D eigenvalue weighted by molar-refractivity contribution is -0.136. The van der Waals surface area contributed by atoms with E-state index in [-0.39, 0.29) is 13.0 Å². The highest BCUT2D eigenvalue weighted by Gasteiger charge is 2.15. The highest BCUT2D eigenvalue weighted by molar-refractivity contribution is 5.90. The number of nitrogens with one attached hydrogen (secondary N) is 2. The molecule has 3 N–H and O–H groups in total. The Morgan fingerprint density at radius 1 is 1.45 bits per heavy atom. The van der Waals surface area contributed by atoms with Gasteiger partial charge in [-0.05, 0) is 18.2 Å². The van der Waals surface area contributed by atoms with Gasteiger partial charge >= 0.3 is 12.0 Å². The number of carboxylic acid groups (broad SMARTS) is 1. The van der Waals surface area contributed by atoms with Crippen LogP contribution in [0.25, 0.3) is 0 Å². The summed E-state index contributed by atoms with van der Waals surface area (Å²) in [5, 5.41) is 13.6. The minimum absolute atomic E-state index is 0.0924. The van der Waals surface area contributed by atoms with Crippen LogP contribution >= 0.6 is 0 Å². The molecular formula is C13H17N3O4. The third-order valence-corrected chi connectivity index (χ3v) is 2.94. The van der Waals surface area contributed by atoms with E-state index in [2.05, 4.69) is 10.6 Å². The predicted octanol–water partition coefficient (Wildman–Crippen LogP) is 1.11. The minimum Gasteiger partial charge on any atom is -0.490 e. The highest BCUT2D eigenvalue weighted by Crippen LogP contribution is 2.33. The molecule has 1 aromatic rings. The summed E-state index contributed by atoms with van der Waals surface area (Å²) in [6.45, 7) is 1.53. The van der Waals surface area contributed by atoms with Crippen LogP contribution in [-0.4, -0.2) is 43.9 Å². The molecule has 20 heavy (non-hydrogen) atoms. The van der Waals surface area contributed by atoms with Crippen molar-refractivity contribution in [2.24, 2.45) is 0 Å². The van der Waals surface area contributed by atoms with E-state index in [1.807, 2.05) is 18.0 Å². The Kier molecular flexibility index (Phi) is 4.29. The molecule has 0 aliphatic carbocycles. The summed E-state index contributed by atoms with van der Waals surface area (Å²) < 4.78 is 5.51. The van der Waals surface area contributed by atoms with E-state index in [9.17, 15) is 9.59 Å². The van der Waals surface area contributed by atoms with Gasteiger partial charge in [-0.3, -0.25) is 4.79 Å². The van der Waals surface area contributed by atoms with Gasteiger partial charge in [0.05, 0.1) is 18.7 Å². The Morgan fingerprint density at radius 3 is 3.00 bits per heavy atom. The van der Waals surface area contributed by atoms with Crippen molar-refractivity contribution < 1.29 is 19.4 Å². The van der Waals surface area contributed by atoms with Crippen LogP contribution in [0.5, 0.6) is 5.75 Å². The quantitative estimate of drug-likeness (QED) is 0.768. The molecule has 0 saturated heterocycles. The molecule has 0 bridgehead atoms. The van der Waals surface area contributed by atoms with Crippen LogP contribution in [0.1, 0.15) is 6.42 Å². The third-order valence-electron chi connectivity index (χ3n) is 2.94. The first-order valence-electron chi connectivity index (χ1n) is 6.31. The molecule has 2 amide bonds. The number of hydrogen-bond acceptors (Lipinski definition) is 4. The van der Waals surface area contributed by atoms with Gasteiger partial charge in [0, 0.05) is 19.3 Å². The van der Waals surface area contributed by atoms with E-state index in [4.69, 9.17) is 9.84 Å². The number of carbonyl (C=O) groups excluding carboxylic acids is 1. The largest absolute Gasteiger partial charge is 0.490 e. The fraction of sp³-hybridized carbons (Fsp3) is 0.385. The molecule has 0 fully saturated rings. The molecule has 1 aliphatic rings. The number of carboxylic acids is 1. The lowest BCUT2D eigenvalue weighted by Crippen LogP contribution is -2.31. The number of fused-ring (bicyclic) bond motifs is 1. The Labute approximate surface area is 116 Å². The first-order valence-corrected chi connectivity index (χ1v) is 6.31. The number of benzene rings is 1. The third kappa shape index (κ3) is 3.53. The van der Waals surface area contributed by atoms with Gasteiger partial charge in [0.2, 0.25) is 0 Å². The number of rotatable bonds is 4. The molecule has 0 radical (unpaired) electrons. The van der Waals surface area contributed by atoms with E-state index in [1.165, 1.54) is 0 Å². The van der Waals surface area contributed by atoms with Gasteiger partial charge in [-0.25, -0.2) is 4.79 Å². The highest BCUT2D eigenvalue weighted by atomic mass is 16.5. The minimum atomic E-state index is -0.946. The van der Waals surface area contributed by atoms with Crippen molar-refractivity contribution in [2.45, 2.75) is 6.42 Å². The average Bonchev–Trinajstić information content (AvgIpc) is 2.39. The van der Waals surface area contributed by atoms with Gasteiger partial charge in [-0.2, -0.15) is 0 Å². The van der Waals surface area contributed by atoms with Crippen molar-refractivity contribution in [1.29, 1.82) is 0 Å². The van der Waals surface area contributed by atoms with Crippen LogP contribution < -0.4 is 20.3 Å². The molecule has 0 spiro atoms. The van der Waals surface area contributed by atoms with Crippen LogP contribution in [0, 0.1) is 0 Å². The lowest BCUT2D eigenvalue weighted by atomic mass is 10.2. The average molecular weight is 279 g/mol. The van der Waals surface area contributed by atoms with Crippen molar-refractivity contribution in [3.8, 4) is 5.75 Å². The molecule has 2 rings (SSSR count). The van der Waals surface area contributed by atoms with E-state index in [0.29, 0.717) is 12.3 Å². The van der Waals surface area contributed by atoms with E-state index in [0.717, 1.165) is 18.0 Å². The summed E-state index contributed by atoms with van der Waals surface area (Å²) in [4.78, 5) is 24.0. The van der Waals surface area contributed by atoms with Crippen LogP contribution in [0.4, 0.5) is 16.2 Å². The fourth-order valence-electron chi connectivity index (χ4n) is 1.89. The number of amides is 2. The number of urea groups is 1. The molecule has 1 aromatic carbocycles. The number of likely N-dealkylation sites (N-methyl/N-ethyl adjacent to an activating group) is 1. The van der Waals surface area contributed by atoms with Crippen LogP contribution in [0.3, 0.4) is 0 Å². The summed E-state index contributed by atoms with van der Waals surface area (Å²) in [5.41, 5.74) is 1.55. The van der Waals surface area contributed by atoms with Crippen LogP contribution in [0.2, 0.25) is 0 Å². The molecule has 7 heteroatoms. The van der Waals surface area contributed by atoms with Gasteiger partial charge in [-0.1, -0.05) is 0 Å². The maximum absolute atomic E-state index is 11.6. The number of ether oxygens (including phenoxy) is 1. The zero-order chi connectivity index (χ0) is 14.5. The first-order chi connectivity index (χ1) is 9.56. The van der Waals surface area contributed by atoms with Crippen molar-refractivity contribution >= 4 is 23.4 Å². The number of aliphatic carboxylic acids is 1.